The van der Waals surface area contributed by atoms with E-state index < -0.39 is 0 Å². The number of benzene rings is 2. The third kappa shape index (κ3) is 4.42. The number of amides is 1. The van der Waals surface area contributed by atoms with Gasteiger partial charge in [0, 0.05) is 17.8 Å². The molecule has 4 rings (SSSR count). The largest absolute Gasteiger partial charge is 0.272 e. The Kier molecular flexibility index (Phi) is 5.48. The summed E-state index contributed by atoms with van der Waals surface area (Å²) in [5.74, 6) is -0.301. The maximum Gasteiger partial charge on any atom is 0.272 e. The van der Waals surface area contributed by atoms with Crippen LogP contribution in [0.25, 0.3) is 28.4 Å². The molecule has 1 amide bonds. The van der Waals surface area contributed by atoms with Gasteiger partial charge in [-0.2, -0.15) is 5.10 Å². The van der Waals surface area contributed by atoms with Crippen LogP contribution < -0.4 is 5.43 Å². The van der Waals surface area contributed by atoms with E-state index >= 15 is 0 Å². The summed E-state index contributed by atoms with van der Waals surface area (Å²) in [7, 11) is 0. The Morgan fingerprint density at radius 3 is 2.52 bits per heavy atom. The standard InChI is InChI=1S/C24H18N4O/c29-24(28-26-16-8-11-18-9-2-1-3-10-18)20-17-23(22-14-6-7-15-25-22)27-21-13-5-4-12-19(20)21/h1-17H,(H,28,29)/b11-8+,26-16-. The summed E-state index contributed by atoms with van der Waals surface area (Å²) in [6.07, 6.45) is 6.94. The summed E-state index contributed by atoms with van der Waals surface area (Å²) < 4.78 is 0. The molecule has 2 aromatic heterocycles. The molecule has 29 heavy (non-hydrogen) atoms. The van der Waals surface area contributed by atoms with Crippen LogP contribution in [0.4, 0.5) is 0 Å². The first-order valence-electron chi connectivity index (χ1n) is 9.17. The van der Waals surface area contributed by atoms with Crippen molar-refractivity contribution in [1.29, 1.82) is 0 Å². The molecule has 0 unspecified atom stereocenters. The van der Waals surface area contributed by atoms with E-state index in [2.05, 4.69) is 20.5 Å². The van der Waals surface area contributed by atoms with Gasteiger partial charge in [-0.15, -0.1) is 0 Å². The zero-order chi connectivity index (χ0) is 19.9. The number of fused-ring (bicyclic) bond motifs is 1. The zero-order valence-electron chi connectivity index (χ0n) is 15.6. The van der Waals surface area contributed by atoms with Crippen molar-refractivity contribution in [3.05, 3.63) is 102 Å². The first-order valence-corrected chi connectivity index (χ1v) is 9.17. The van der Waals surface area contributed by atoms with Crippen LogP contribution in [0, 0.1) is 0 Å². The fraction of sp³-hybridized carbons (Fsp3) is 0. The van der Waals surface area contributed by atoms with Crippen LogP contribution in [0.5, 0.6) is 0 Å². The van der Waals surface area contributed by atoms with Gasteiger partial charge < -0.3 is 0 Å². The molecule has 0 aliphatic heterocycles. The molecular weight excluding hydrogens is 360 g/mol. The van der Waals surface area contributed by atoms with Gasteiger partial charge in [-0.1, -0.05) is 60.7 Å². The highest BCUT2D eigenvalue weighted by atomic mass is 16.2. The van der Waals surface area contributed by atoms with Gasteiger partial charge in [0.1, 0.15) is 0 Å². The summed E-state index contributed by atoms with van der Waals surface area (Å²) in [6, 6.07) is 24.7. The average Bonchev–Trinajstić information content (AvgIpc) is 2.79. The Morgan fingerprint density at radius 1 is 0.897 bits per heavy atom. The molecule has 5 heteroatoms. The van der Waals surface area contributed by atoms with Crippen LogP contribution in [-0.2, 0) is 0 Å². The molecule has 140 valence electrons. The first-order chi connectivity index (χ1) is 14.3. The number of hydrogen-bond donors (Lipinski definition) is 1. The van der Waals surface area contributed by atoms with Crippen molar-refractivity contribution in [3.63, 3.8) is 0 Å². The van der Waals surface area contributed by atoms with E-state index in [0.29, 0.717) is 17.0 Å². The van der Waals surface area contributed by atoms with Crippen molar-refractivity contribution in [2.45, 2.75) is 0 Å². The van der Waals surface area contributed by atoms with E-state index in [1.807, 2.05) is 78.9 Å². The monoisotopic (exact) mass is 378 g/mol. The van der Waals surface area contributed by atoms with Crippen molar-refractivity contribution in [3.8, 4) is 11.4 Å². The summed E-state index contributed by atoms with van der Waals surface area (Å²) >= 11 is 0. The highest BCUT2D eigenvalue weighted by Crippen LogP contribution is 2.23. The quantitative estimate of drug-likeness (QED) is 0.403. The highest BCUT2D eigenvalue weighted by Gasteiger charge is 2.13. The van der Waals surface area contributed by atoms with Crippen molar-refractivity contribution in [2.75, 3.05) is 0 Å². The molecule has 1 N–H and O–H groups in total. The molecule has 0 spiro atoms. The molecule has 0 aliphatic carbocycles. The number of para-hydroxylation sites is 1. The fourth-order valence-corrected chi connectivity index (χ4v) is 2.93. The van der Waals surface area contributed by atoms with Gasteiger partial charge in [-0.05, 0) is 35.9 Å². The van der Waals surface area contributed by atoms with Crippen LogP contribution in [0.3, 0.4) is 0 Å². The number of nitrogens with zero attached hydrogens (tertiary/aromatic N) is 3. The predicted molar refractivity (Wildman–Crippen MR) is 116 cm³/mol. The predicted octanol–water partition coefficient (Wildman–Crippen LogP) is 4.73. The molecule has 0 aliphatic rings. The van der Waals surface area contributed by atoms with Gasteiger partial charge in [0.2, 0.25) is 0 Å². The number of nitrogens with one attached hydrogen (secondary N) is 1. The van der Waals surface area contributed by atoms with Gasteiger partial charge in [-0.3, -0.25) is 9.78 Å². The molecule has 4 aromatic rings. The van der Waals surface area contributed by atoms with Crippen LogP contribution >= 0.6 is 0 Å². The van der Waals surface area contributed by atoms with Crippen molar-refractivity contribution in [1.82, 2.24) is 15.4 Å². The maximum atomic E-state index is 12.8. The average molecular weight is 378 g/mol. The van der Waals surface area contributed by atoms with Crippen LogP contribution in [0.2, 0.25) is 0 Å². The SMILES string of the molecule is O=C(N/N=C\C=C\c1ccccc1)c1cc(-c2ccccn2)nc2ccccc12. The molecular formula is C24H18N4O. The van der Waals surface area contributed by atoms with E-state index in [0.717, 1.165) is 16.5 Å². The minimum atomic E-state index is -0.301. The lowest BCUT2D eigenvalue weighted by Gasteiger charge is -2.08. The van der Waals surface area contributed by atoms with E-state index in [4.69, 9.17) is 0 Å². The molecule has 0 bridgehead atoms. The molecule has 2 heterocycles. The molecule has 0 atom stereocenters. The fourth-order valence-electron chi connectivity index (χ4n) is 2.93. The lowest BCUT2D eigenvalue weighted by Crippen LogP contribution is -2.18. The molecule has 2 aromatic carbocycles. The molecule has 5 nitrogen and oxygen atoms in total. The van der Waals surface area contributed by atoms with Crippen LogP contribution in [0.1, 0.15) is 15.9 Å². The number of hydrazone groups is 1. The first kappa shape index (κ1) is 18.3. The van der Waals surface area contributed by atoms with E-state index in [1.54, 1.807) is 24.6 Å². The van der Waals surface area contributed by atoms with Crippen molar-refractivity contribution < 1.29 is 4.79 Å². The second-order valence-corrected chi connectivity index (χ2v) is 6.28. The third-order valence-electron chi connectivity index (χ3n) is 4.30. The number of carbonyl (C=O) groups is 1. The topological polar surface area (TPSA) is 67.2 Å². The third-order valence-corrected chi connectivity index (χ3v) is 4.30. The summed E-state index contributed by atoms with van der Waals surface area (Å²) in [5.41, 5.74) is 6.23. The molecule has 0 radical (unpaired) electrons. The summed E-state index contributed by atoms with van der Waals surface area (Å²) in [4.78, 5) is 21.8. The lowest BCUT2D eigenvalue weighted by atomic mass is 10.1. The van der Waals surface area contributed by atoms with E-state index in [-0.39, 0.29) is 5.91 Å². The van der Waals surface area contributed by atoms with Crippen molar-refractivity contribution in [2.24, 2.45) is 5.10 Å². The lowest BCUT2D eigenvalue weighted by molar-refractivity contribution is 0.0957. The molecule has 0 saturated carbocycles. The van der Waals surface area contributed by atoms with Crippen LogP contribution in [0.15, 0.2) is 96.2 Å². The van der Waals surface area contributed by atoms with Crippen molar-refractivity contribution >= 4 is 29.1 Å². The smallest absolute Gasteiger partial charge is 0.267 e. The number of rotatable bonds is 5. The molecule has 0 fully saturated rings. The van der Waals surface area contributed by atoms with Gasteiger partial charge in [0.25, 0.3) is 5.91 Å². The van der Waals surface area contributed by atoms with E-state index in [1.165, 1.54) is 0 Å². The summed E-state index contributed by atoms with van der Waals surface area (Å²) in [5, 5.41) is 4.79. The second kappa shape index (κ2) is 8.71. The number of hydrogen-bond acceptors (Lipinski definition) is 4. The Labute approximate surface area is 168 Å². The highest BCUT2D eigenvalue weighted by molar-refractivity contribution is 6.07. The normalized spacial score (nSPS) is 11.3. The number of pyridine rings is 2. The maximum absolute atomic E-state index is 12.8. The van der Waals surface area contributed by atoms with Gasteiger partial charge in [0.15, 0.2) is 0 Å². The number of aromatic nitrogens is 2. The van der Waals surface area contributed by atoms with E-state index in [9.17, 15) is 4.79 Å². The Hall–Kier alpha value is -4.12. The molecule has 0 saturated heterocycles. The number of allylic oxidation sites excluding steroid dienone is 1. The van der Waals surface area contributed by atoms with Gasteiger partial charge in [0.05, 0.1) is 22.5 Å². The van der Waals surface area contributed by atoms with Gasteiger partial charge >= 0.3 is 0 Å². The minimum absolute atomic E-state index is 0.301. The summed E-state index contributed by atoms with van der Waals surface area (Å²) in [6.45, 7) is 0. The second-order valence-electron chi connectivity index (χ2n) is 6.28. The van der Waals surface area contributed by atoms with Gasteiger partial charge in [-0.25, -0.2) is 10.4 Å². The number of carbonyl (C=O) groups excluding carboxylic acids is 1. The minimum Gasteiger partial charge on any atom is -0.267 e. The Morgan fingerprint density at radius 2 is 1.69 bits per heavy atom. The Balaban J connectivity index is 1.58. The zero-order valence-corrected chi connectivity index (χ0v) is 15.6. The van der Waals surface area contributed by atoms with Crippen LogP contribution in [-0.4, -0.2) is 22.1 Å². The Bertz CT molecular complexity index is 1190.